The van der Waals surface area contributed by atoms with Crippen LogP contribution in [0.4, 0.5) is 5.69 Å². The van der Waals surface area contributed by atoms with Gasteiger partial charge >= 0.3 is 5.97 Å². The molecule has 0 radical (unpaired) electrons. The SMILES string of the molecule is COc1ccccc1N[C@@H](c1ccccc1Br)[C@H]1C=CC(=O)O1. The third kappa shape index (κ3) is 3.40. The number of hydrogen-bond donors (Lipinski definition) is 1. The van der Waals surface area contributed by atoms with Crippen LogP contribution in [0.25, 0.3) is 0 Å². The van der Waals surface area contributed by atoms with Crippen LogP contribution in [0.5, 0.6) is 5.75 Å². The van der Waals surface area contributed by atoms with Gasteiger partial charge in [-0.15, -0.1) is 0 Å². The van der Waals surface area contributed by atoms with Gasteiger partial charge in [0.05, 0.1) is 18.8 Å². The van der Waals surface area contributed by atoms with Gasteiger partial charge in [-0.25, -0.2) is 4.79 Å². The van der Waals surface area contributed by atoms with Crippen LogP contribution in [-0.4, -0.2) is 19.2 Å². The van der Waals surface area contributed by atoms with Gasteiger partial charge in [0.1, 0.15) is 11.9 Å². The number of methoxy groups -OCH3 is 1. The first-order valence-corrected chi connectivity index (χ1v) is 8.01. The van der Waals surface area contributed by atoms with E-state index in [9.17, 15) is 4.79 Å². The van der Waals surface area contributed by atoms with Crippen LogP contribution in [0, 0.1) is 0 Å². The van der Waals surface area contributed by atoms with Crippen molar-refractivity contribution in [3.8, 4) is 5.75 Å². The Morgan fingerprint density at radius 2 is 1.91 bits per heavy atom. The molecule has 2 aromatic rings. The molecule has 0 aliphatic carbocycles. The van der Waals surface area contributed by atoms with Crippen LogP contribution >= 0.6 is 15.9 Å². The predicted octanol–water partition coefficient (Wildman–Crippen LogP) is 4.09. The number of halogens is 1. The summed E-state index contributed by atoms with van der Waals surface area (Å²) in [4.78, 5) is 11.5. The van der Waals surface area contributed by atoms with E-state index in [0.29, 0.717) is 0 Å². The molecule has 4 nitrogen and oxygen atoms in total. The van der Waals surface area contributed by atoms with Crippen molar-refractivity contribution in [2.24, 2.45) is 0 Å². The second kappa shape index (κ2) is 6.87. The van der Waals surface area contributed by atoms with Gasteiger partial charge in [-0.3, -0.25) is 0 Å². The fraction of sp³-hybridized carbons (Fsp3) is 0.167. The standard InChI is InChI=1S/C18H16BrNO3/c1-22-15-9-5-4-8-14(15)20-18(16-10-11-17(21)23-16)12-6-2-3-7-13(12)19/h2-11,16,18,20H,1H3/t16-,18+/m1/s1. The van der Waals surface area contributed by atoms with Crippen molar-refractivity contribution in [1.29, 1.82) is 0 Å². The van der Waals surface area contributed by atoms with Crippen LogP contribution in [0.1, 0.15) is 11.6 Å². The number of anilines is 1. The molecule has 23 heavy (non-hydrogen) atoms. The Balaban J connectivity index is 1.97. The molecule has 0 spiro atoms. The average Bonchev–Trinajstić information content (AvgIpc) is 3.00. The van der Waals surface area contributed by atoms with E-state index in [1.165, 1.54) is 6.08 Å². The molecule has 5 heteroatoms. The zero-order valence-electron chi connectivity index (χ0n) is 12.5. The second-order valence-electron chi connectivity index (χ2n) is 5.10. The third-order valence-electron chi connectivity index (χ3n) is 3.66. The number of rotatable bonds is 5. The predicted molar refractivity (Wildman–Crippen MR) is 92.5 cm³/mol. The number of ether oxygens (including phenoxy) is 2. The van der Waals surface area contributed by atoms with E-state index in [4.69, 9.17) is 9.47 Å². The quantitative estimate of drug-likeness (QED) is 0.801. The molecule has 2 aromatic carbocycles. The number of cyclic esters (lactones) is 1. The summed E-state index contributed by atoms with van der Waals surface area (Å²) >= 11 is 3.57. The number of para-hydroxylation sites is 2. The maximum absolute atomic E-state index is 11.5. The number of carbonyl (C=O) groups excluding carboxylic acids is 1. The summed E-state index contributed by atoms with van der Waals surface area (Å²) in [5.41, 5.74) is 1.84. The minimum atomic E-state index is -0.383. The summed E-state index contributed by atoms with van der Waals surface area (Å²) in [6.07, 6.45) is 2.85. The molecule has 0 aromatic heterocycles. The van der Waals surface area contributed by atoms with Crippen LogP contribution < -0.4 is 10.1 Å². The average molecular weight is 374 g/mol. The monoisotopic (exact) mass is 373 g/mol. The number of carbonyl (C=O) groups is 1. The first-order valence-electron chi connectivity index (χ1n) is 7.22. The Labute approximate surface area is 143 Å². The highest BCUT2D eigenvalue weighted by molar-refractivity contribution is 9.10. The number of hydrogen-bond acceptors (Lipinski definition) is 4. The Kier molecular flexibility index (Phi) is 4.67. The molecular formula is C18H16BrNO3. The van der Waals surface area contributed by atoms with Crippen molar-refractivity contribution < 1.29 is 14.3 Å². The lowest BCUT2D eigenvalue weighted by Crippen LogP contribution is -2.26. The molecule has 118 valence electrons. The van der Waals surface area contributed by atoms with Gasteiger partial charge in [0.25, 0.3) is 0 Å². The fourth-order valence-electron chi connectivity index (χ4n) is 2.56. The molecule has 1 aliphatic heterocycles. The molecule has 0 unspecified atom stereocenters. The summed E-state index contributed by atoms with van der Waals surface area (Å²) in [5, 5.41) is 3.43. The highest BCUT2D eigenvalue weighted by Crippen LogP contribution is 2.35. The number of nitrogens with one attached hydrogen (secondary N) is 1. The smallest absolute Gasteiger partial charge is 0.331 e. The minimum absolute atomic E-state index is 0.232. The van der Waals surface area contributed by atoms with Gasteiger partial charge in [0, 0.05) is 10.5 Å². The molecule has 0 saturated carbocycles. The molecule has 0 amide bonds. The highest BCUT2D eigenvalue weighted by Gasteiger charge is 2.29. The van der Waals surface area contributed by atoms with E-state index in [-0.39, 0.29) is 18.1 Å². The zero-order valence-corrected chi connectivity index (χ0v) is 14.1. The van der Waals surface area contributed by atoms with Crippen LogP contribution in [0.3, 0.4) is 0 Å². The Morgan fingerprint density at radius 1 is 1.17 bits per heavy atom. The van der Waals surface area contributed by atoms with E-state index >= 15 is 0 Å². The van der Waals surface area contributed by atoms with E-state index in [1.807, 2.05) is 48.5 Å². The van der Waals surface area contributed by atoms with Crippen molar-refractivity contribution in [1.82, 2.24) is 0 Å². The van der Waals surface area contributed by atoms with Crippen LogP contribution in [-0.2, 0) is 9.53 Å². The lowest BCUT2D eigenvalue weighted by Gasteiger charge is -2.26. The Hall–Kier alpha value is -2.27. The fourth-order valence-corrected chi connectivity index (χ4v) is 3.09. The summed E-state index contributed by atoms with van der Waals surface area (Å²) in [6, 6.07) is 15.3. The van der Waals surface area contributed by atoms with Crippen molar-refractivity contribution in [3.63, 3.8) is 0 Å². The lowest BCUT2D eigenvalue weighted by molar-refractivity contribution is -0.139. The summed E-state index contributed by atoms with van der Waals surface area (Å²) in [7, 11) is 1.63. The maximum Gasteiger partial charge on any atom is 0.331 e. The maximum atomic E-state index is 11.5. The second-order valence-corrected chi connectivity index (χ2v) is 5.96. The summed E-state index contributed by atoms with van der Waals surface area (Å²) < 4.78 is 11.7. The van der Waals surface area contributed by atoms with Gasteiger partial charge in [-0.1, -0.05) is 46.3 Å². The van der Waals surface area contributed by atoms with Crippen molar-refractivity contribution in [2.75, 3.05) is 12.4 Å². The Bertz CT molecular complexity index is 745. The normalized spacial score (nSPS) is 17.7. The first kappa shape index (κ1) is 15.6. The summed E-state index contributed by atoms with van der Waals surface area (Å²) in [5.74, 6) is 0.409. The molecule has 0 saturated heterocycles. The molecule has 1 aliphatic rings. The van der Waals surface area contributed by atoms with Crippen molar-refractivity contribution >= 4 is 27.6 Å². The van der Waals surface area contributed by atoms with Gasteiger partial charge in [0.15, 0.2) is 0 Å². The largest absolute Gasteiger partial charge is 0.495 e. The van der Waals surface area contributed by atoms with Crippen molar-refractivity contribution in [2.45, 2.75) is 12.1 Å². The molecule has 0 bridgehead atoms. The van der Waals surface area contributed by atoms with Crippen LogP contribution in [0.15, 0.2) is 65.2 Å². The van der Waals surface area contributed by atoms with E-state index in [2.05, 4.69) is 21.2 Å². The molecule has 2 atom stereocenters. The molecule has 0 fully saturated rings. The first-order chi connectivity index (χ1) is 11.2. The van der Waals surface area contributed by atoms with Crippen molar-refractivity contribution in [3.05, 3.63) is 70.7 Å². The third-order valence-corrected chi connectivity index (χ3v) is 4.38. The number of benzene rings is 2. The molecule has 3 rings (SSSR count). The zero-order chi connectivity index (χ0) is 16.2. The van der Waals surface area contributed by atoms with Gasteiger partial charge < -0.3 is 14.8 Å². The van der Waals surface area contributed by atoms with Crippen LogP contribution in [0.2, 0.25) is 0 Å². The minimum Gasteiger partial charge on any atom is -0.495 e. The Morgan fingerprint density at radius 3 is 2.61 bits per heavy atom. The highest BCUT2D eigenvalue weighted by atomic mass is 79.9. The van der Waals surface area contributed by atoms with Gasteiger partial charge in [-0.2, -0.15) is 0 Å². The molecule has 1 heterocycles. The molecule has 1 N–H and O–H groups in total. The van der Waals surface area contributed by atoms with E-state index in [1.54, 1.807) is 13.2 Å². The molecular weight excluding hydrogens is 358 g/mol. The summed E-state index contributed by atoms with van der Waals surface area (Å²) in [6.45, 7) is 0. The van der Waals surface area contributed by atoms with E-state index < -0.39 is 0 Å². The van der Waals surface area contributed by atoms with E-state index in [0.717, 1.165) is 21.5 Å². The lowest BCUT2D eigenvalue weighted by atomic mass is 10.0. The topological polar surface area (TPSA) is 47.6 Å². The number of esters is 1. The van der Waals surface area contributed by atoms with Gasteiger partial charge in [0.2, 0.25) is 0 Å². The van der Waals surface area contributed by atoms with Gasteiger partial charge in [-0.05, 0) is 29.8 Å².